The van der Waals surface area contributed by atoms with Crippen LogP contribution in [0.25, 0.3) is 11.0 Å². The molecule has 2 aromatic carbocycles. The van der Waals surface area contributed by atoms with Crippen LogP contribution in [0.5, 0.6) is 0 Å². The molecular formula is C16H11BrO2. The number of fused-ring (bicyclic) bond motifs is 1. The van der Waals surface area contributed by atoms with Crippen LogP contribution < -0.4 is 0 Å². The van der Waals surface area contributed by atoms with Crippen molar-refractivity contribution in [1.82, 2.24) is 0 Å². The second-order valence-corrected chi connectivity index (χ2v) is 5.29. The predicted octanol–water partition coefficient (Wildman–Crippen LogP) is 4.62. The second kappa shape index (κ2) is 5.02. The van der Waals surface area contributed by atoms with Crippen LogP contribution in [0.2, 0.25) is 0 Å². The Morgan fingerprint density at radius 3 is 2.79 bits per heavy atom. The van der Waals surface area contributed by atoms with Gasteiger partial charge in [0.25, 0.3) is 0 Å². The van der Waals surface area contributed by atoms with Crippen molar-refractivity contribution < 1.29 is 9.21 Å². The van der Waals surface area contributed by atoms with Crippen LogP contribution in [0, 0.1) is 0 Å². The second-order valence-electron chi connectivity index (χ2n) is 4.38. The lowest BCUT2D eigenvalue weighted by molar-refractivity contribution is 0.0993. The highest BCUT2D eigenvalue weighted by Gasteiger charge is 2.13. The van der Waals surface area contributed by atoms with Gasteiger partial charge in [0.15, 0.2) is 5.78 Å². The highest BCUT2D eigenvalue weighted by molar-refractivity contribution is 9.10. The number of carbonyl (C=O) groups excluding carboxylic acids is 1. The summed E-state index contributed by atoms with van der Waals surface area (Å²) in [6.07, 6.45) is 1.92. The minimum Gasteiger partial charge on any atom is -0.464 e. The monoisotopic (exact) mass is 314 g/mol. The summed E-state index contributed by atoms with van der Waals surface area (Å²) in [5.74, 6) is 0.0723. The van der Waals surface area contributed by atoms with Gasteiger partial charge in [-0.25, -0.2) is 0 Å². The van der Waals surface area contributed by atoms with Crippen LogP contribution in [0.15, 0.2) is 63.7 Å². The van der Waals surface area contributed by atoms with Gasteiger partial charge < -0.3 is 4.42 Å². The molecule has 0 bridgehead atoms. The number of carbonyl (C=O) groups is 1. The fourth-order valence-corrected chi connectivity index (χ4v) is 2.57. The summed E-state index contributed by atoms with van der Waals surface area (Å²) in [7, 11) is 0. The van der Waals surface area contributed by atoms with Gasteiger partial charge in [-0.15, -0.1) is 0 Å². The molecule has 0 radical (unpaired) electrons. The van der Waals surface area contributed by atoms with E-state index in [4.69, 9.17) is 4.42 Å². The first-order chi connectivity index (χ1) is 9.24. The zero-order valence-corrected chi connectivity index (χ0v) is 11.7. The van der Waals surface area contributed by atoms with Crippen LogP contribution in [0.3, 0.4) is 0 Å². The number of benzene rings is 2. The summed E-state index contributed by atoms with van der Waals surface area (Å²) in [5.41, 5.74) is 2.39. The lowest BCUT2D eigenvalue weighted by Gasteiger charge is -2.00. The molecule has 3 heteroatoms. The summed E-state index contributed by atoms with van der Waals surface area (Å²) in [6, 6.07) is 15.4. The van der Waals surface area contributed by atoms with E-state index in [1.54, 1.807) is 6.26 Å². The Balaban J connectivity index is 1.92. The Kier molecular flexibility index (Phi) is 3.22. The van der Waals surface area contributed by atoms with Crippen LogP contribution in [-0.2, 0) is 6.42 Å². The first kappa shape index (κ1) is 12.2. The SMILES string of the molecule is O=C(Cc1cccc(Br)c1)c1coc2ccccc12. The van der Waals surface area contributed by atoms with Crippen molar-refractivity contribution >= 4 is 32.7 Å². The van der Waals surface area contributed by atoms with Gasteiger partial charge in [0.1, 0.15) is 11.8 Å². The fourth-order valence-electron chi connectivity index (χ4n) is 2.12. The van der Waals surface area contributed by atoms with Crippen LogP contribution in [0.4, 0.5) is 0 Å². The van der Waals surface area contributed by atoms with Gasteiger partial charge in [0, 0.05) is 16.3 Å². The van der Waals surface area contributed by atoms with Crippen molar-refractivity contribution in [3.05, 3.63) is 70.4 Å². The normalized spacial score (nSPS) is 10.8. The van der Waals surface area contributed by atoms with Gasteiger partial charge in [0.05, 0.1) is 5.56 Å². The Hall–Kier alpha value is -1.87. The largest absolute Gasteiger partial charge is 0.464 e. The van der Waals surface area contributed by atoms with Crippen LogP contribution >= 0.6 is 15.9 Å². The molecule has 0 saturated heterocycles. The topological polar surface area (TPSA) is 30.2 Å². The highest BCUT2D eigenvalue weighted by atomic mass is 79.9. The van der Waals surface area contributed by atoms with Crippen molar-refractivity contribution in [2.75, 3.05) is 0 Å². The fraction of sp³-hybridized carbons (Fsp3) is 0.0625. The van der Waals surface area contributed by atoms with Crippen LogP contribution in [0.1, 0.15) is 15.9 Å². The average molecular weight is 315 g/mol. The van der Waals surface area contributed by atoms with E-state index in [0.717, 1.165) is 21.0 Å². The Labute approximate surface area is 119 Å². The van der Waals surface area contributed by atoms with Crippen molar-refractivity contribution in [2.45, 2.75) is 6.42 Å². The molecular weight excluding hydrogens is 304 g/mol. The molecule has 0 aliphatic rings. The van der Waals surface area contributed by atoms with E-state index in [9.17, 15) is 4.79 Å². The minimum absolute atomic E-state index is 0.0723. The van der Waals surface area contributed by atoms with Gasteiger partial charge in [-0.1, -0.05) is 46.3 Å². The quantitative estimate of drug-likeness (QED) is 0.660. The lowest BCUT2D eigenvalue weighted by atomic mass is 10.0. The third-order valence-corrected chi connectivity index (χ3v) is 3.53. The maximum Gasteiger partial charge on any atom is 0.171 e. The number of Topliss-reactive ketones (excluding diaryl/α,β-unsaturated/α-hetero) is 1. The number of para-hydroxylation sites is 1. The van der Waals surface area contributed by atoms with E-state index in [1.165, 1.54) is 0 Å². The zero-order chi connectivity index (χ0) is 13.2. The van der Waals surface area contributed by atoms with Crippen molar-refractivity contribution in [1.29, 1.82) is 0 Å². The van der Waals surface area contributed by atoms with Gasteiger partial charge in [-0.2, -0.15) is 0 Å². The molecule has 1 aromatic heterocycles. The first-order valence-corrected chi connectivity index (χ1v) is 6.77. The Morgan fingerprint density at radius 2 is 1.95 bits per heavy atom. The third kappa shape index (κ3) is 2.47. The molecule has 0 amide bonds. The molecule has 19 heavy (non-hydrogen) atoms. The van der Waals surface area contributed by atoms with E-state index < -0.39 is 0 Å². The number of halogens is 1. The van der Waals surface area contributed by atoms with Crippen LogP contribution in [-0.4, -0.2) is 5.78 Å². The van der Waals surface area contributed by atoms with E-state index in [2.05, 4.69) is 15.9 Å². The zero-order valence-electron chi connectivity index (χ0n) is 10.1. The molecule has 0 aliphatic heterocycles. The number of hydrogen-bond acceptors (Lipinski definition) is 2. The van der Waals surface area contributed by atoms with E-state index in [-0.39, 0.29) is 5.78 Å². The molecule has 0 atom stereocenters. The summed E-state index contributed by atoms with van der Waals surface area (Å²) >= 11 is 3.41. The molecule has 3 aromatic rings. The van der Waals surface area contributed by atoms with Gasteiger partial charge in [0.2, 0.25) is 0 Å². The summed E-state index contributed by atoms with van der Waals surface area (Å²) in [5, 5.41) is 0.877. The highest BCUT2D eigenvalue weighted by Crippen LogP contribution is 2.22. The maximum absolute atomic E-state index is 12.3. The lowest BCUT2D eigenvalue weighted by Crippen LogP contribution is -2.02. The molecule has 0 fully saturated rings. The molecule has 94 valence electrons. The maximum atomic E-state index is 12.3. The summed E-state index contributed by atoms with van der Waals surface area (Å²) in [4.78, 5) is 12.3. The van der Waals surface area contributed by atoms with E-state index in [1.807, 2.05) is 48.5 Å². The number of rotatable bonds is 3. The van der Waals surface area contributed by atoms with Crippen molar-refractivity contribution in [2.24, 2.45) is 0 Å². The number of furan rings is 1. The standard InChI is InChI=1S/C16H11BrO2/c17-12-5-3-4-11(8-12)9-15(18)14-10-19-16-7-2-1-6-13(14)16/h1-8,10H,9H2. The van der Waals surface area contributed by atoms with Crippen molar-refractivity contribution in [3.8, 4) is 0 Å². The number of hydrogen-bond donors (Lipinski definition) is 0. The summed E-state index contributed by atoms with van der Waals surface area (Å²) in [6.45, 7) is 0. The predicted molar refractivity (Wildman–Crippen MR) is 78.4 cm³/mol. The molecule has 0 aliphatic carbocycles. The minimum atomic E-state index is 0.0723. The van der Waals surface area contributed by atoms with Gasteiger partial charge in [-0.3, -0.25) is 4.79 Å². The Bertz CT molecular complexity index is 743. The van der Waals surface area contributed by atoms with E-state index >= 15 is 0 Å². The smallest absolute Gasteiger partial charge is 0.171 e. The molecule has 1 heterocycles. The molecule has 0 unspecified atom stereocenters. The third-order valence-electron chi connectivity index (χ3n) is 3.04. The summed E-state index contributed by atoms with van der Waals surface area (Å²) < 4.78 is 6.38. The number of ketones is 1. The van der Waals surface area contributed by atoms with Gasteiger partial charge in [-0.05, 0) is 23.8 Å². The van der Waals surface area contributed by atoms with E-state index in [0.29, 0.717) is 12.0 Å². The molecule has 0 spiro atoms. The molecule has 2 nitrogen and oxygen atoms in total. The molecule has 0 N–H and O–H groups in total. The average Bonchev–Trinajstić information content (AvgIpc) is 2.82. The molecule has 0 saturated carbocycles. The van der Waals surface area contributed by atoms with Crippen molar-refractivity contribution in [3.63, 3.8) is 0 Å². The van der Waals surface area contributed by atoms with Gasteiger partial charge >= 0.3 is 0 Å². The first-order valence-electron chi connectivity index (χ1n) is 5.98. The Morgan fingerprint density at radius 1 is 1.11 bits per heavy atom. The molecule has 3 rings (SSSR count).